The van der Waals surface area contributed by atoms with E-state index in [4.69, 9.17) is 25.8 Å². The summed E-state index contributed by atoms with van der Waals surface area (Å²) in [6.45, 7) is 2.25. The zero-order valence-corrected chi connectivity index (χ0v) is 18.8. The smallest absolute Gasteiger partial charge is 0.371 e. The molecule has 0 aromatic heterocycles. The first-order valence-electron chi connectivity index (χ1n) is 7.85. The molecule has 0 aromatic carbocycles. The molecule has 1 fully saturated rings. The highest BCUT2D eigenvalue weighted by Gasteiger charge is 2.59. The van der Waals surface area contributed by atoms with E-state index in [1.807, 2.05) is 0 Å². The van der Waals surface area contributed by atoms with Crippen molar-refractivity contribution in [3.05, 3.63) is 24.4 Å². The van der Waals surface area contributed by atoms with Gasteiger partial charge >= 0.3 is 23.5 Å². The molecule has 2 heterocycles. The first kappa shape index (κ1) is 27.2. The summed E-state index contributed by atoms with van der Waals surface area (Å²) in [6.07, 6.45) is -0.412. The van der Waals surface area contributed by atoms with Gasteiger partial charge in [0.25, 0.3) is 0 Å². The van der Waals surface area contributed by atoms with E-state index in [0.717, 1.165) is 4.90 Å². The van der Waals surface area contributed by atoms with Crippen LogP contribution in [0.25, 0.3) is 0 Å². The number of phosphoric ester groups is 1. The average Bonchev–Trinajstić information content (AvgIpc) is 2.85. The molecule has 20 heteroatoms. The Labute approximate surface area is 183 Å². The molecular weight excluding hydrogens is 527 g/mol. The summed E-state index contributed by atoms with van der Waals surface area (Å²) in [5, 5.41) is 12.8. The Bertz CT molecular complexity index is 1030. The van der Waals surface area contributed by atoms with Gasteiger partial charge in [-0.05, 0) is 0 Å². The molecular formula is C12H15F2N2O12P3S. The molecule has 6 N–H and O–H groups in total. The highest BCUT2D eigenvalue weighted by molar-refractivity contribution is 7.80. The van der Waals surface area contributed by atoms with Gasteiger partial charge in [-0.2, -0.15) is 8.62 Å². The van der Waals surface area contributed by atoms with Gasteiger partial charge in [0, 0.05) is 6.20 Å². The Morgan fingerprint density at radius 1 is 1.31 bits per heavy atom. The highest BCUT2D eigenvalue weighted by Crippen LogP contribution is 2.66. The number of halogens is 2. The Morgan fingerprint density at radius 3 is 2.44 bits per heavy atom. The number of phosphoric acid groups is 3. The summed E-state index contributed by atoms with van der Waals surface area (Å²) in [5.41, 5.74) is -2.77. The topological polar surface area (TPSA) is 205 Å². The number of aliphatic hydroxyl groups is 1. The van der Waals surface area contributed by atoms with Crippen molar-refractivity contribution in [1.82, 2.24) is 10.2 Å². The fourth-order valence-corrected chi connectivity index (χ4v) is 5.70. The minimum atomic E-state index is -5.81. The van der Waals surface area contributed by atoms with Crippen LogP contribution in [0.5, 0.6) is 0 Å². The summed E-state index contributed by atoms with van der Waals surface area (Å²) in [7, 11) is -17.0. The van der Waals surface area contributed by atoms with Gasteiger partial charge in [0.15, 0.2) is 18.2 Å². The lowest BCUT2D eigenvalue weighted by Gasteiger charge is -2.36. The fraction of sp³-hybridized carbons (Fsp3) is 0.417. The molecule has 1 saturated heterocycles. The summed E-state index contributed by atoms with van der Waals surface area (Å²) in [5.74, 6) is 0.544. The maximum Gasteiger partial charge on any atom is 0.490 e. The van der Waals surface area contributed by atoms with Gasteiger partial charge in [0.2, 0.25) is 5.60 Å². The molecule has 6 atom stereocenters. The van der Waals surface area contributed by atoms with Gasteiger partial charge in [-0.25, -0.2) is 22.5 Å². The van der Waals surface area contributed by atoms with E-state index >= 15 is 0 Å². The van der Waals surface area contributed by atoms with Crippen molar-refractivity contribution in [3.8, 4) is 12.3 Å². The first-order valence-corrected chi connectivity index (χ1v) is 12.8. The largest absolute Gasteiger partial charge is 0.490 e. The van der Waals surface area contributed by atoms with Crippen LogP contribution < -0.4 is 5.32 Å². The first-order chi connectivity index (χ1) is 14.4. The van der Waals surface area contributed by atoms with E-state index in [-0.39, 0.29) is 10.8 Å². The van der Waals surface area contributed by atoms with Crippen LogP contribution in [0.2, 0.25) is 0 Å². The number of rotatable bonds is 8. The number of nitrogens with one attached hydrogen (secondary N) is 1. The van der Waals surface area contributed by atoms with Crippen molar-refractivity contribution in [3.63, 3.8) is 0 Å². The summed E-state index contributed by atoms with van der Waals surface area (Å²) < 4.78 is 78.8. The second-order valence-electron chi connectivity index (χ2n) is 6.07. The van der Waals surface area contributed by atoms with Crippen LogP contribution in [0, 0.1) is 12.3 Å². The molecule has 14 nitrogen and oxygen atoms in total. The number of hydrogen-bond donors (Lipinski definition) is 6. The molecule has 0 aromatic rings. The van der Waals surface area contributed by atoms with E-state index in [1.54, 1.807) is 5.92 Å². The van der Waals surface area contributed by atoms with Crippen molar-refractivity contribution in [2.45, 2.75) is 24.1 Å². The Morgan fingerprint density at radius 2 is 1.91 bits per heavy atom. The third kappa shape index (κ3) is 6.28. The molecule has 0 spiro atoms. The molecule has 2 rings (SSSR count). The van der Waals surface area contributed by atoms with Gasteiger partial charge in [-0.3, -0.25) is 4.52 Å². The Kier molecular flexibility index (Phi) is 7.88. The molecule has 2 aliphatic heterocycles. The Hall–Kier alpha value is -1.08. The molecule has 180 valence electrons. The van der Waals surface area contributed by atoms with Crippen molar-refractivity contribution in [1.29, 1.82) is 0 Å². The number of nitrogens with zero attached hydrogens (tertiary/aromatic N) is 1. The van der Waals surface area contributed by atoms with Gasteiger partial charge < -0.3 is 39.6 Å². The van der Waals surface area contributed by atoms with Gasteiger partial charge in [0.05, 0.1) is 6.61 Å². The zero-order valence-electron chi connectivity index (χ0n) is 15.3. The third-order valence-corrected chi connectivity index (χ3v) is 7.87. The second-order valence-corrected chi connectivity index (χ2v) is 10.9. The van der Waals surface area contributed by atoms with Gasteiger partial charge in [-0.15, -0.1) is 6.42 Å². The van der Waals surface area contributed by atoms with Crippen LogP contribution in [-0.2, 0) is 31.6 Å². The number of thiocarbonyl (C=S) groups is 1. The molecule has 32 heavy (non-hydrogen) atoms. The molecule has 0 bridgehead atoms. The fourth-order valence-electron chi connectivity index (χ4n) is 2.50. The van der Waals surface area contributed by atoms with Crippen molar-refractivity contribution in [2.24, 2.45) is 0 Å². The lowest BCUT2D eigenvalue weighted by Crippen LogP contribution is -2.54. The van der Waals surface area contributed by atoms with Gasteiger partial charge in [-0.1, -0.05) is 24.7 Å². The number of terminal acetylenes is 1. The summed E-state index contributed by atoms with van der Waals surface area (Å²) in [6, 6.07) is 0. The summed E-state index contributed by atoms with van der Waals surface area (Å²) in [4.78, 5) is 35.9. The average molecular weight is 542 g/mol. The Balaban J connectivity index is 2.17. The van der Waals surface area contributed by atoms with Crippen molar-refractivity contribution in [2.75, 3.05) is 6.61 Å². The molecule has 0 saturated carbocycles. The predicted octanol–water partition coefficient (Wildman–Crippen LogP) is 0.272. The second kappa shape index (κ2) is 9.28. The van der Waals surface area contributed by atoms with Gasteiger partial charge in [0.1, 0.15) is 16.9 Å². The standard InChI is InChI=1S/C12H15F2N2O12P3S/c1-3-12(17)9(14)8(26-11(12)16-4-7(13)10(32)15-6(16)2)5-25-30(21,22)28-31(23,24)27-29(18,19)20/h1,4,8-9,11,17H,2,5H2,(H,15,32)(H,21,22)(H,23,24)(H2,18,19,20). The van der Waals surface area contributed by atoms with Crippen LogP contribution in [0.3, 0.4) is 0 Å². The minimum Gasteiger partial charge on any atom is -0.371 e. The van der Waals surface area contributed by atoms with E-state index in [2.05, 4.69) is 37.3 Å². The van der Waals surface area contributed by atoms with Crippen LogP contribution in [-0.4, -0.2) is 65.3 Å². The molecule has 2 aliphatic rings. The van der Waals surface area contributed by atoms with Crippen LogP contribution >= 0.6 is 35.7 Å². The van der Waals surface area contributed by atoms with E-state index in [0.29, 0.717) is 6.20 Å². The van der Waals surface area contributed by atoms with Crippen LogP contribution in [0.4, 0.5) is 8.78 Å². The lowest BCUT2D eigenvalue weighted by molar-refractivity contribution is -0.0905. The SMILES string of the molecule is C#CC1(O)C(F)C(COP(=O)(O)OP(=O)(O)OP(=O)(O)O)OC1N1C=C(F)C(=S)NC1=C. The molecule has 0 aliphatic carbocycles. The highest BCUT2D eigenvalue weighted by atomic mass is 32.1. The number of alkyl halides is 1. The van der Waals surface area contributed by atoms with Crippen molar-refractivity contribution < 1.29 is 65.0 Å². The molecule has 6 unspecified atom stereocenters. The van der Waals surface area contributed by atoms with Crippen LogP contribution in [0.1, 0.15) is 0 Å². The summed E-state index contributed by atoms with van der Waals surface area (Å²) >= 11 is 4.67. The molecule has 0 radical (unpaired) electrons. The maximum absolute atomic E-state index is 14.8. The normalized spacial score (nSPS) is 32.5. The van der Waals surface area contributed by atoms with Crippen LogP contribution in [0.15, 0.2) is 24.4 Å². The maximum atomic E-state index is 14.8. The minimum absolute atomic E-state index is 0.171. The monoisotopic (exact) mass is 542 g/mol. The number of ether oxygens (including phenoxy) is 1. The van der Waals surface area contributed by atoms with E-state index < -0.39 is 60.0 Å². The third-order valence-electron chi connectivity index (χ3n) is 3.77. The van der Waals surface area contributed by atoms with Crippen molar-refractivity contribution >= 4 is 40.7 Å². The number of hydrogen-bond acceptors (Lipinski definition) is 10. The lowest BCUT2D eigenvalue weighted by atomic mass is 9.95. The molecule has 0 amide bonds. The van der Waals surface area contributed by atoms with E-state index in [9.17, 15) is 32.5 Å². The quantitative estimate of drug-likeness (QED) is 0.138. The van der Waals surface area contributed by atoms with E-state index in [1.165, 1.54) is 0 Å². The predicted molar refractivity (Wildman–Crippen MR) is 103 cm³/mol. The zero-order chi connectivity index (χ0) is 24.7.